The van der Waals surface area contributed by atoms with E-state index in [0.717, 1.165) is 48.9 Å². The molecule has 1 spiro atoms. The van der Waals surface area contributed by atoms with Crippen molar-refractivity contribution in [2.24, 2.45) is 11.1 Å². The summed E-state index contributed by atoms with van der Waals surface area (Å²) < 4.78 is 0. The third-order valence-electron chi connectivity index (χ3n) is 5.40. The van der Waals surface area contributed by atoms with Crippen molar-refractivity contribution in [3.8, 4) is 0 Å². The Balaban J connectivity index is 1.61. The molecule has 6 nitrogen and oxygen atoms in total. The maximum absolute atomic E-state index is 13.0. The summed E-state index contributed by atoms with van der Waals surface area (Å²) in [5.41, 5.74) is 8.33. The predicted octanol–water partition coefficient (Wildman–Crippen LogP) is 3.07. The van der Waals surface area contributed by atoms with Gasteiger partial charge in [0.1, 0.15) is 11.5 Å². The molecule has 130 valence electrons. The number of allylic oxidation sites excluding steroid dienone is 4. The molecule has 4 rings (SSSR count). The number of Topliss-reactive ketones (excluding diaryl/α,β-unsaturated/α-hetero) is 1. The summed E-state index contributed by atoms with van der Waals surface area (Å²) in [6, 6.07) is 0. The number of aromatic nitrogens is 2. The van der Waals surface area contributed by atoms with Crippen LogP contribution >= 0.6 is 0 Å². The highest BCUT2D eigenvalue weighted by Crippen LogP contribution is 2.39. The van der Waals surface area contributed by atoms with E-state index in [4.69, 9.17) is 10.6 Å². The first kappa shape index (κ1) is 16.0. The third kappa shape index (κ3) is 2.75. The Kier molecular flexibility index (Phi) is 3.90. The number of nitrogen functional groups attached to an aromatic ring is 1. The molecule has 0 amide bonds. The van der Waals surface area contributed by atoms with Gasteiger partial charge in [-0.05, 0) is 44.6 Å². The number of rotatable bonds is 2. The van der Waals surface area contributed by atoms with Gasteiger partial charge in [-0.25, -0.2) is 4.98 Å². The summed E-state index contributed by atoms with van der Waals surface area (Å²) in [4.78, 5) is 27.2. The van der Waals surface area contributed by atoms with E-state index in [9.17, 15) is 4.79 Å². The van der Waals surface area contributed by atoms with Gasteiger partial charge in [-0.3, -0.25) is 9.78 Å². The van der Waals surface area contributed by atoms with E-state index in [2.05, 4.69) is 27.3 Å². The summed E-state index contributed by atoms with van der Waals surface area (Å²) in [6.07, 6.45) is 12.9. The van der Waals surface area contributed by atoms with Gasteiger partial charge in [0.05, 0.1) is 18.1 Å². The molecule has 1 aromatic heterocycles. The minimum absolute atomic E-state index is 0.0733. The molecule has 0 radical (unpaired) electrons. The van der Waals surface area contributed by atoms with Gasteiger partial charge in [0.2, 0.25) is 11.4 Å². The summed E-state index contributed by atoms with van der Waals surface area (Å²) >= 11 is 0. The number of oxime groups is 1. The number of hydrogen-bond donors (Lipinski definition) is 1. The number of ketones is 1. The maximum atomic E-state index is 13.0. The lowest BCUT2D eigenvalue weighted by molar-refractivity contribution is -0.136. The van der Waals surface area contributed by atoms with Crippen molar-refractivity contribution >= 4 is 22.9 Å². The molecule has 2 N–H and O–H groups in total. The highest BCUT2D eigenvalue weighted by Gasteiger charge is 2.50. The molecule has 1 unspecified atom stereocenters. The Labute approximate surface area is 146 Å². The number of nitrogens with two attached hydrogens (primary N) is 1. The summed E-state index contributed by atoms with van der Waals surface area (Å²) in [7, 11) is 0. The Morgan fingerprint density at radius 2 is 2.00 bits per heavy atom. The average molecular weight is 338 g/mol. The number of nitrogens with zero attached hydrogens (tertiary/aromatic N) is 3. The van der Waals surface area contributed by atoms with E-state index in [1.54, 1.807) is 12.4 Å². The first-order chi connectivity index (χ1) is 12.1. The number of hydrogen-bond acceptors (Lipinski definition) is 6. The van der Waals surface area contributed by atoms with Crippen LogP contribution in [-0.2, 0) is 9.63 Å². The van der Waals surface area contributed by atoms with Crippen LogP contribution in [0.2, 0.25) is 0 Å². The number of carbonyl (C=O) groups excluding carboxylic acids is 1. The fourth-order valence-electron chi connectivity index (χ4n) is 3.90. The van der Waals surface area contributed by atoms with Gasteiger partial charge in [-0.15, -0.1) is 0 Å². The topological polar surface area (TPSA) is 90.5 Å². The van der Waals surface area contributed by atoms with E-state index < -0.39 is 5.60 Å². The molecule has 2 heterocycles. The van der Waals surface area contributed by atoms with Gasteiger partial charge >= 0.3 is 0 Å². The Morgan fingerprint density at radius 1 is 1.20 bits per heavy atom. The van der Waals surface area contributed by atoms with Crippen LogP contribution in [0.3, 0.4) is 0 Å². The predicted molar refractivity (Wildman–Crippen MR) is 95.6 cm³/mol. The van der Waals surface area contributed by atoms with Crippen LogP contribution in [-0.4, -0.2) is 27.1 Å². The second kappa shape index (κ2) is 6.10. The van der Waals surface area contributed by atoms with Gasteiger partial charge in [0.25, 0.3) is 0 Å². The average Bonchev–Trinajstić information content (AvgIpc) is 2.93. The standard InChI is InChI=1S/C19H22N4O2/c1-12-5-6-13(9-14(12)15-10-22-16(20)11-21-15)17-18(24)19(25-23-17)7-3-2-4-8-19/h5,9-11,13H,2-4,6-8H2,1H3,(H2,20,22). The zero-order chi connectivity index (χ0) is 17.4. The van der Waals surface area contributed by atoms with Gasteiger partial charge < -0.3 is 10.6 Å². The lowest BCUT2D eigenvalue weighted by Gasteiger charge is -2.29. The van der Waals surface area contributed by atoms with Crippen LogP contribution in [0.15, 0.2) is 35.3 Å². The summed E-state index contributed by atoms with van der Waals surface area (Å²) in [6.45, 7) is 2.04. The van der Waals surface area contributed by atoms with Crippen molar-refractivity contribution in [2.45, 2.75) is 51.0 Å². The second-order valence-electron chi connectivity index (χ2n) is 7.09. The maximum Gasteiger partial charge on any atom is 0.227 e. The van der Waals surface area contributed by atoms with Crippen molar-refractivity contribution < 1.29 is 9.63 Å². The molecule has 6 heteroatoms. The van der Waals surface area contributed by atoms with Crippen molar-refractivity contribution in [3.63, 3.8) is 0 Å². The first-order valence-corrected chi connectivity index (χ1v) is 8.87. The van der Waals surface area contributed by atoms with Crippen LogP contribution in [0.25, 0.3) is 5.57 Å². The Bertz CT molecular complexity index is 786. The highest BCUT2D eigenvalue weighted by atomic mass is 16.7. The fourth-order valence-corrected chi connectivity index (χ4v) is 3.90. The van der Waals surface area contributed by atoms with E-state index in [0.29, 0.717) is 11.5 Å². The highest BCUT2D eigenvalue weighted by molar-refractivity contribution is 6.45. The van der Waals surface area contributed by atoms with Gasteiger partial charge in [-0.1, -0.05) is 23.7 Å². The zero-order valence-corrected chi connectivity index (χ0v) is 14.4. The minimum atomic E-state index is -0.696. The molecular formula is C19H22N4O2. The van der Waals surface area contributed by atoms with Gasteiger partial charge in [0.15, 0.2) is 0 Å². The smallest absolute Gasteiger partial charge is 0.227 e. The fraction of sp³-hybridized carbons (Fsp3) is 0.474. The summed E-state index contributed by atoms with van der Waals surface area (Å²) in [5, 5.41) is 4.22. The monoisotopic (exact) mass is 338 g/mol. The number of carbonyl (C=O) groups is 1. The molecule has 2 aliphatic carbocycles. The van der Waals surface area contributed by atoms with E-state index >= 15 is 0 Å². The molecule has 1 atom stereocenters. The van der Waals surface area contributed by atoms with Crippen molar-refractivity contribution in [1.82, 2.24) is 9.97 Å². The normalized spacial score (nSPS) is 25.2. The van der Waals surface area contributed by atoms with E-state index in [-0.39, 0.29) is 11.7 Å². The lowest BCUT2D eigenvalue weighted by atomic mass is 9.77. The molecule has 1 saturated carbocycles. The van der Waals surface area contributed by atoms with E-state index in [1.807, 2.05) is 6.92 Å². The molecule has 1 aromatic rings. The SMILES string of the molecule is CC1=CCC(C2=NOC3(CCCCC3)C2=O)C=C1c1cnc(N)cn1. The van der Waals surface area contributed by atoms with Crippen LogP contribution in [0, 0.1) is 5.92 Å². The van der Waals surface area contributed by atoms with Gasteiger partial charge in [0, 0.05) is 11.5 Å². The zero-order valence-electron chi connectivity index (χ0n) is 14.4. The summed E-state index contributed by atoms with van der Waals surface area (Å²) in [5.74, 6) is 0.386. The first-order valence-electron chi connectivity index (χ1n) is 8.87. The molecule has 0 aromatic carbocycles. The van der Waals surface area contributed by atoms with Crippen LogP contribution in [0.5, 0.6) is 0 Å². The molecule has 1 fully saturated rings. The van der Waals surface area contributed by atoms with Crippen molar-refractivity contribution in [3.05, 3.63) is 35.8 Å². The van der Waals surface area contributed by atoms with E-state index in [1.165, 1.54) is 6.42 Å². The molecule has 0 bridgehead atoms. The van der Waals surface area contributed by atoms with Crippen molar-refractivity contribution in [1.29, 1.82) is 0 Å². The van der Waals surface area contributed by atoms with Crippen LogP contribution in [0.4, 0.5) is 5.82 Å². The lowest BCUT2D eigenvalue weighted by Crippen LogP contribution is -2.42. The Morgan fingerprint density at radius 3 is 2.72 bits per heavy atom. The molecule has 25 heavy (non-hydrogen) atoms. The molecule has 0 saturated heterocycles. The third-order valence-corrected chi connectivity index (χ3v) is 5.40. The Hall–Kier alpha value is -2.50. The minimum Gasteiger partial charge on any atom is -0.382 e. The molecule has 1 aliphatic heterocycles. The largest absolute Gasteiger partial charge is 0.382 e. The quantitative estimate of drug-likeness (QED) is 0.895. The second-order valence-corrected chi connectivity index (χ2v) is 7.09. The number of anilines is 1. The molecular weight excluding hydrogens is 316 g/mol. The van der Waals surface area contributed by atoms with Crippen LogP contribution in [0.1, 0.15) is 51.1 Å². The van der Waals surface area contributed by atoms with Crippen LogP contribution < -0.4 is 5.73 Å². The van der Waals surface area contributed by atoms with Gasteiger partial charge in [-0.2, -0.15) is 0 Å². The molecule has 3 aliphatic rings. The van der Waals surface area contributed by atoms with Crippen molar-refractivity contribution in [2.75, 3.05) is 5.73 Å².